The van der Waals surface area contributed by atoms with Gasteiger partial charge in [-0.15, -0.1) is 0 Å². The van der Waals surface area contributed by atoms with Gasteiger partial charge in [0.25, 0.3) is 0 Å². The van der Waals surface area contributed by atoms with Gasteiger partial charge in [-0.05, 0) is 43.0 Å². The maximum atomic E-state index is 5.14. The van der Waals surface area contributed by atoms with Crippen LogP contribution in [-0.2, 0) is 0 Å². The molecule has 2 rings (SSSR count). The Morgan fingerprint density at radius 1 is 1.43 bits per heavy atom. The van der Waals surface area contributed by atoms with Crippen molar-refractivity contribution in [1.82, 2.24) is 5.32 Å². The van der Waals surface area contributed by atoms with Gasteiger partial charge in [0.2, 0.25) is 0 Å². The van der Waals surface area contributed by atoms with Crippen LogP contribution < -0.4 is 9.84 Å². The van der Waals surface area contributed by atoms with Gasteiger partial charge in [-0.2, -0.15) is 0 Å². The summed E-state index contributed by atoms with van der Waals surface area (Å²) >= 11 is 0. The third-order valence-corrected chi connectivity index (χ3v) is 3.03. The first-order valence-corrected chi connectivity index (χ1v) is 5.54. The Bertz CT molecular complexity index is 297. The highest BCUT2D eigenvalue weighted by atomic mass is 31.0. The SMILES string of the molecule is POc1cccc(C2CCCNC2)c1. The van der Waals surface area contributed by atoms with E-state index in [4.69, 9.17) is 4.52 Å². The number of hydrogen-bond donors (Lipinski definition) is 1. The van der Waals surface area contributed by atoms with Crippen molar-refractivity contribution >= 4 is 9.47 Å². The molecule has 1 heterocycles. The summed E-state index contributed by atoms with van der Waals surface area (Å²) in [5, 5.41) is 3.42. The van der Waals surface area contributed by atoms with E-state index in [-0.39, 0.29) is 0 Å². The maximum Gasteiger partial charge on any atom is 0.122 e. The molecule has 2 unspecified atom stereocenters. The van der Waals surface area contributed by atoms with E-state index in [0.29, 0.717) is 5.92 Å². The summed E-state index contributed by atoms with van der Waals surface area (Å²) in [6.07, 6.45) is 2.56. The van der Waals surface area contributed by atoms with Crippen LogP contribution in [0.5, 0.6) is 5.75 Å². The number of hydrogen-bond acceptors (Lipinski definition) is 2. The molecule has 1 aliphatic rings. The Kier molecular flexibility index (Phi) is 3.39. The maximum absolute atomic E-state index is 5.14. The van der Waals surface area contributed by atoms with Crippen molar-refractivity contribution in [3.63, 3.8) is 0 Å². The predicted molar refractivity (Wildman–Crippen MR) is 61.6 cm³/mol. The molecule has 0 amide bonds. The van der Waals surface area contributed by atoms with Crippen LogP contribution in [0.25, 0.3) is 0 Å². The van der Waals surface area contributed by atoms with E-state index in [1.165, 1.54) is 18.4 Å². The van der Waals surface area contributed by atoms with E-state index in [1.807, 2.05) is 6.07 Å². The van der Waals surface area contributed by atoms with E-state index in [0.717, 1.165) is 18.8 Å². The van der Waals surface area contributed by atoms with E-state index in [1.54, 1.807) is 0 Å². The van der Waals surface area contributed by atoms with Crippen LogP contribution >= 0.6 is 9.47 Å². The minimum Gasteiger partial charge on any atom is -0.480 e. The lowest BCUT2D eigenvalue weighted by atomic mass is 9.92. The molecule has 14 heavy (non-hydrogen) atoms. The fraction of sp³-hybridized carbons (Fsp3) is 0.455. The number of benzene rings is 1. The largest absolute Gasteiger partial charge is 0.480 e. The molecule has 1 aromatic rings. The second kappa shape index (κ2) is 4.77. The summed E-state index contributed by atoms with van der Waals surface area (Å²) in [6, 6.07) is 8.35. The highest BCUT2D eigenvalue weighted by molar-refractivity contribution is 7.10. The predicted octanol–water partition coefficient (Wildman–Crippen LogP) is 2.32. The van der Waals surface area contributed by atoms with E-state index < -0.39 is 0 Å². The second-order valence-corrected chi connectivity index (χ2v) is 3.97. The Balaban J connectivity index is 2.13. The first-order valence-electron chi connectivity index (χ1n) is 5.07. The molecule has 0 bridgehead atoms. The van der Waals surface area contributed by atoms with Crippen molar-refractivity contribution in [2.75, 3.05) is 13.1 Å². The van der Waals surface area contributed by atoms with Gasteiger partial charge in [0.05, 0.1) is 9.47 Å². The molecule has 0 radical (unpaired) electrons. The van der Waals surface area contributed by atoms with E-state index in [9.17, 15) is 0 Å². The average molecular weight is 209 g/mol. The Hall–Kier alpha value is -0.590. The van der Waals surface area contributed by atoms with E-state index in [2.05, 4.69) is 33.0 Å². The summed E-state index contributed by atoms with van der Waals surface area (Å²) in [6.45, 7) is 2.26. The molecule has 2 atom stereocenters. The quantitative estimate of drug-likeness (QED) is 0.755. The van der Waals surface area contributed by atoms with Gasteiger partial charge >= 0.3 is 0 Å². The van der Waals surface area contributed by atoms with Gasteiger partial charge in [-0.25, -0.2) is 0 Å². The molecule has 0 aromatic heterocycles. The second-order valence-electron chi connectivity index (χ2n) is 3.73. The average Bonchev–Trinajstić information content (AvgIpc) is 2.30. The number of rotatable bonds is 2. The minimum atomic E-state index is 0.656. The lowest BCUT2D eigenvalue weighted by Gasteiger charge is -2.23. The van der Waals surface area contributed by atoms with Crippen LogP contribution in [-0.4, -0.2) is 13.1 Å². The zero-order chi connectivity index (χ0) is 9.80. The van der Waals surface area contributed by atoms with E-state index >= 15 is 0 Å². The summed E-state index contributed by atoms with van der Waals surface area (Å²) < 4.78 is 5.14. The summed E-state index contributed by atoms with van der Waals surface area (Å²) in [5.41, 5.74) is 1.39. The third kappa shape index (κ3) is 2.26. The summed E-state index contributed by atoms with van der Waals surface area (Å²) in [4.78, 5) is 0. The smallest absolute Gasteiger partial charge is 0.122 e. The van der Waals surface area contributed by atoms with Gasteiger partial charge in [0, 0.05) is 6.54 Å². The first-order chi connectivity index (χ1) is 6.90. The minimum absolute atomic E-state index is 0.656. The molecular formula is C11H16NOP. The molecule has 0 aliphatic carbocycles. The third-order valence-electron chi connectivity index (χ3n) is 2.76. The lowest BCUT2D eigenvalue weighted by molar-refractivity contribution is 0.461. The molecular weight excluding hydrogens is 193 g/mol. The first kappa shape index (κ1) is 9.95. The molecule has 1 saturated heterocycles. The number of nitrogens with one attached hydrogen (secondary N) is 1. The fourth-order valence-electron chi connectivity index (χ4n) is 1.98. The van der Waals surface area contributed by atoms with Crippen molar-refractivity contribution in [3.05, 3.63) is 29.8 Å². The fourth-order valence-corrected chi connectivity index (χ4v) is 2.12. The molecule has 1 aromatic carbocycles. The standard InChI is InChI=1S/C11H16NOP/c14-13-11-5-1-3-9(7-11)10-4-2-6-12-8-10/h1,3,5,7,10,12H,2,4,6,8,14H2. The van der Waals surface area contributed by atoms with Crippen LogP contribution in [0.2, 0.25) is 0 Å². The lowest BCUT2D eigenvalue weighted by Crippen LogP contribution is -2.28. The molecule has 1 aliphatic heterocycles. The van der Waals surface area contributed by atoms with Gasteiger partial charge in [-0.1, -0.05) is 12.1 Å². The Labute approximate surface area is 87.3 Å². The van der Waals surface area contributed by atoms with Crippen molar-refractivity contribution in [1.29, 1.82) is 0 Å². The Morgan fingerprint density at radius 3 is 3.07 bits per heavy atom. The highest BCUT2D eigenvalue weighted by Gasteiger charge is 2.14. The molecule has 76 valence electrons. The van der Waals surface area contributed by atoms with Gasteiger partial charge in [0.15, 0.2) is 0 Å². The van der Waals surface area contributed by atoms with Crippen molar-refractivity contribution < 1.29 is 4.52 Å². The van der Waals surface area contributed by atoms with Crippen LogP contribution in [0.3, 0.4) is 0 Å². The van der Waals surface area contributed by atoms with Crippen molar-refractivity contribution in [2.24, 2.45) is 0 Å². The van der Waals surface area contributed by atoms with Crippen molar-refractivity contribution in [2.45, 2.75) is 18.8 Å². The molecule has 1 N–H and O–H groups in total. The molecule has 0 spiro atoms. The van der Waals surface area contributed by atoms with Gasteiger partial charge in [-0.3, -0.25) is 0 Å². The van der Waals surface area contributed by atoms with Crippen LogP contribution in [0.15, 0.2) is 24.3 Å². The molecule has 0 saturated carbocycles. The molecule has 2 nitrogen and oxygen atoms in total. The van der Waals surface area contributed by atoms with Gasteiger partial charge < -0.3 is 9.84 Å². The van der Waals surface area contributed by atoms with Crippen LogP contribution in [0.1, 0.15) is 24.3 Å². The summed E-state index contributed by atoms with van der Waals surface area (Å²) in [7, 11) is 2.29. The molecule has 3 heteroatoms. The highest BCUT2D eigenvalue weighted by Crippen LogP contribution is 2.26. The van der Waals surface area contributed by atoms with Crippen molar-refractivity contribution in [3.8, 4) is 5.75 Å². The Morgan fingerprint density at radius 2 is 2.36 bits per heavy atom. The monoisotopic (exact) mass is 209 g/mol. The topological polar surface area (TPSA) is 21.3 Å². The number of piperidine rings is 1. The van der Waals surface area contributed by atoms with Gasteiger partial charge in [0.1, 0.15) is 5.75 Å². The zero-order valence-corrected chi connectivity index (χ0v) is 9.36. The zero-order valence-electron chi connectivity index (χ0n) is 8.20. The van der Waals surface area contributed by atoms with Crippen LogP contribution in [0, 0.1) is 0 Å². The normalized spacial score (nSPS) is 21.9. The summed E-state index contributed by atoms with van der Waals surface area (Å²) in [5.74, 6) is 1.59. The molecule has 1 fully saturated rings. The van der Waals surface area contributed by atoms with Crippen LogP contribution in [0.4, 0.5) is 0 Å².